The van der Waals surface area contributed by atoms with Gasteiger partial charge in [0, 0.05) is 5.41 Å². The van der Waals surface area contributed by atoms with Crippen molar-refractivity contribution in [1.29, 1.82) is 0 Å². The van der Waals surface area contributed by atoms with E-state index >= 15 is 0 Å². The summed E-state index contributed by atoms with van der Waals surface area (Å²) in [6.45, 7) is 12.5. The molecule has 0 radical (unpaired) electrons. The number of hydrogen-bond acceptors (Lipinski definition) is 3. The van der Waals surface area contributed by atoms with E-state index in [9.17, 15) is 10.2 Å². The Hall–Kier alpha value is -0.380. The SMILES string of the molecule is C=C1C(O)CC[C@]2(C)CC[C@](O)(C(C)(C)C)[C@H]3O[C@]132. The molecule has 0 aromatic carbocycles. The molecule has 19 heavy (non-hydrogen) atoms. The topological polar surface area (TPSA) is 53.0 Å². The molecule has 5 atom stereocenters. The van der Waals surface area contributed by atoms with Gasteiger partial charge in [0.2, 0.25) is 0 Å². The van der Waals surface area contributed by atoms with Gasteiger partial charge in [-0.1, -0.05) is 34.3 Å². The first kappa shape index (κ1) is 13.6. The van der Waals surface area contributed by atoms with Crippen LogP contribution in [0.1, 0.15) is 53.4 Å². The molecule has 1 spiro atoms. The van der Waals surface area contributed by atoms with Crippen LogP contribution in [0.5, 0.6) is 0 Å². The summed E-state index contributed by atoms with van der Waals surface area (Å²) < 4.78 is 6.09. The summed E-state index contributed by atoms with van der Waals surface area (Å²) in [6.07, 6.45) is 2.72. The maximum Gasteiger partial charge on any atom is 0.126 e. The van der Waals surface area contributed by atoms with Crippen molar-refractivity contribution in [2.24, 2.45) is 10.8 Å². The van der Waals surface area contributed by atoms with Gasteiger partial charge in [0.1, 0.15) is 11.7 Å². The largest absolute Gasteiger partial charge is 0.389 e. The fourth-order valence-electron chi connectivity index (χ4n) is 4.42. The average molecular weight is 266 g/mol. The van der Waals surface area contributed by atoms with Gasteiger partial charge in [-0.2, -0.15) is 0 Å². The van der Waals surface area contributed by atoms with E-state index in [0.717, 1.165) is 31.3 Å². The fourth-order valence-corrected chi connectivity index (χ4v) is 4.42. The van der Waals surface area contributed by atoms with Gasteiger partial charge in [-0.15, -0.1) is 0 Å². The molecule has 1 aliphatic heterocycles. The molecular formula is C16H26O3. The summed E-state index contributed by atoms with van der Waals surface area (Å²) in [5.41, 5.74) is -0.748. The van der Waals surface area contributed by atoms with Gasteiger partial charge in [-0.3, -0.25) is 0 Å². The van der Waals surface area contributed by atoms with E-state index in [0.29, 0.717) is 0 Å². The van der Waals surface area contributed by atoms with Crippen LogP contribution < -0.4 is 0 Å². The Kier molecular flexibility index (Phi) is 2.46. The third kappa shape index (κ3) is 1.39. The van der Waals surface area contributed by atoms with Crippen molar-refractivity contribution in [3.8, 4) is 0 Å². The Morgan fingerprint density at radius 3 is 2.47 bits per heavy atom. The second-order valence-electron chi connectivity index (χ2n) is 8.05. The fraction of sp³-hybridized carbons (Fsp3) is 0.875. The molecule has 1 heterocycles. The lowest BCUT2D eigenvalue weighted by atomic mass is 9.52. The quantitative estimate of drug-likeness (QED) is 0.523. The van der Waals surface area contributed by atoms with Gasteiger partial charge in [-0.05, 0) is 36.7 Å². The zero-order chi connectivity index (χ0) is 14.3. The van der Waals surface area contributed by atoms with Crippen molar-refractivity contribution >= 4 is 0 Å². The normalized spacial score (nSPS) is 53.5. The van der Waals surface area contributed by atoms with Crippen LogP contribution in [0, 0.1) is 10.8 Å². The molecule has 0 bridgehead atoms. The van der Waals surface area contributed by atoms with E-state index in [4.69, 9.17) is 4.74 Å². The molecule has 1 unspecified atom stereocenters. The van der Waals surface area contributed by atoms with Crippen LogP contribution in [0.4, 0.5) is 0 Å². The second-order valence-corrected chi connectivity index (χ2v) is 8.05. The number of ether oxygens (including phenoxy) is 1. The van der Waals surface area contributed by atoms with Crippen LogP contribution in [0.25, 0.3) is 0 Å². The third-order valence-electron chi connectivity index (χ3n) is 6.15. The minimum atomic E-state index is -0.827. The highest BCUT2D eigenvalue weighted by molar-refractivity contribution is 5.40. The lowest BCUT2D eigenvalue weighted by Crippen LogP contribution is -2.60. The van der Waals surface area contributed by atoms with Crippen LogP contribution in [-0.2, 0) is 4.74 Å². The summed E-state index contributed by atoms with van der Waals surface area (Å²) in [4.78, 5) is 0. The van der Waals surface area contributed by atoms with Crippen molar-refractivity contribution < 1.29 is 14.9 Å². The van der Waals surface area contributed by atoms with Gasteiger partial charge in [0.25, 0.3) is 0 Å². The zero-order valence-electron chi connectivity index (χ0n) is 12.5. The number of aliphatic hydroxyl groups excluding tert-OH is 1. The smallest absolute Gasteiger partial charge is 0.126 e. The van der Waals surface area contributed by atoms with Crippen molar-refractivity contribution in [2.45, 2.75) is 76.8 Å². The van der Waals surface area contributed by atoms with Crippen LogP contribution in [0.2, 0.25) is 0 Å². The molecule has 0 aromatic heterocycles. The predicted octanol–water partition coefficient (Wildman–Crippen LogP) is 2.41. The molecule has 3 nitrogen and oxygen atoms in total. The lowest BCUT2D eigenvalue weighted by molar-refractivity contribution is -0.106. The Bertz CT molecular complexity index is 438. The average Bonchev–Trinajstić information content (AvgIpc) is 3.06. The van der Waals surface area contributed by atoms with Gasteiger partial charge in [0.05, 0.1) is 11.7 Å². The Morgan fingerprint density at radius 2 is 1.89 bits per heavy atom. The number of rotatable bonds is 0. The molecule has 3 heteroatoms. The van der Waals surface area contributed by atoms with E-state index in [1.54, 1.807) is 0 Å². The molecule has 108 valence electrons. The number of aliphatic hydroxyl groups is 2. The standard InChI is InChI=1S/C16H26O3/c1-10-11(17)6-7-14(5)8-9-15(18,13(2,3)4)12-16(10,14)19-12/h11-12,17-18H,1,6-9H2,2-5H3/t11?,12-,14-,15-,16-/m1/s1. The van der Waals surface area contributed by atoms with E-state index in [1.807, 2.05) is 0 Å². The maximum atomic E-state index is 11.1. The van der Waals surface area contributed by atoms with Crippen molar-refractivity contribution in [3.05, 3.63) is 12.2 Å². The summed E-state index contributed by atoms with van der Waals surface area (Å²) in [5.74, 6) is 0. The lowest BCUT2D eigenvalue weighted by Gasteiger charge is -2.52. The first-order valence-corrected chi connectivity index (χ1v) is 7.36. The minimum Gasteiger partial charge on any atom is -0.389 e. The van der Waals surface area contributed by atoms with Gasteiger partial charge in [-0.25, -0.2) is 0 Å². The Balaban J connectivity index is 2.03. The molecule has 0 amide bonds. The first-order chi connectivity index (χ1) is 8.58. The monoisotopic (exact) mass is 266 g/mol. The Labute approximate surface area is 115 Å². The Morgan fingerprint density at radius 1 is 1.26 bits per heavy atom. The van der Waals surface area contributed by atoms with Gasteiger partial charge >= 0.3 is 0 Å². The molecule has 2 aliphatic carbocycles. The number of epoxide rings is 1. The number of hydrogen-bond donors (Lipinski definition) is 2. The predicted molar refractivity (Wildman–Crippen MR) is 73.7 cm³/mol. The van der Waals surface area contributed by atoms with E-state index < -0.39 is 17.3 Å². The van der Waals surface area contributed by atoms with Gasteiger partial charge in [0.15, 0.2) is 0 Å². The van der Waals surface area contributed by atoms with Crippen molar-refractivity contribution in [1.82, 2.24) is 0 Å². The zero-order valence-corrected chi connectivity index (χ0v) is 12.5. The highest BCUT2D eigenvalue weighted by atomic mass is 16.6. The summed E-state index contributed by atoms with van der Waals surface area (Å²) in [5, 5.41) is 21.3. The maximum absolute atomic E-state index is 11.1. The van der Waals surface area contributed by atoms with Gasteiger partial charge < -0.3 is 14.9 Å². The molecule has 3 aliphatic rings. The van der Waals surface area contributed by atoms with E-state index in [2.05, 4.69) is 34.3 Å². The van der Waals surface area contributed by atoms with Crippen LogP contribution in [-0.4, -0.2) is 33.6 Å². The molecular weight excluding hydrogens is 240 g/mol. The van der Waals surface area contributed by atoms with Crippen LogP contribution in [0.3, 0.4) is 0 Å². The molecule has 0 aromatic rings. The minimum absolute atomic E-state index is 0.0193. The molecule has 2 N–H and O–H groups in total. The molecule has 3 rings (SSSR count). The summed E-state index contributed by atoms with van der Waals surface area (Å²) >= 11 is 0. The molecule has 2 saturated carbocycles. The highest BCUT2D eigenvalue weighted by Crippen LogP contribution is 2.70. The summed E-state index contributed by atoms with van der Waals surface area (Å²) in [6, 6.07) is 0. The molecule has 1 saturated heterocycles. The summed E-state index contributed by atoms with van der Waals surface area (Å²) in [7, 11) is 0. The van der Waals surface area contributed by atoms with E-state index in [1.165, 1.54) is 0 Å². The van der Waals surface area contributed by atoms with Crippen LogP contribution >= 0.6 is 0 Å². The second kappa shape index (κ2) is 3.44. The highest BCUT2D eigenvalue weighted by Gasteiger charge is 2.79. The van der Waals surface area contributed by atoms with Crippen molar-refractivity contribution in [2.75, 3.05) is 0 Å². The van der Waals surface area contributed by atoms with Crippen molar-refractivity contribution in [3.63, 3.8) is 0 Å². The molecule has 3 fully saturated rings. The first-order valence-electron chi connectivity index (χ1n) is 7.36. The third-order valence-corrected chi connectivity index (χ3v) is 6.15. The van der Waals surface area contributed by atoms with E-state index in [-0.39, 0.29) is 16.9 Å². The van der Waals surface area contributed by atoms with Crippen LogP contribution in [0.15, 0.2) is 12.2 Å².